The molecular weight excluding hydrogens is 390 g/mol. The fraction of sp³-hybridized carbons (Fsp3) is 0.714. The van der Waals surface area contributed by atoms with E-state index < -0.39 is 10.0 Å². The highest BCUT2D eigenvalue weighted by molar-refractivity contribution is 7.89. The molecule has 1 aromatic carbocycles. The first kappa shape index (κ1) is 20.9. The van der Waals surface area contributed by atoms with Gasteiger partial charge in [0.2, 0.25) is 10.0 Å². The van der Waals surface area contributed by atoms with Crippen LogP contribution in [-0.4, -0.2) is 69.8 Å². The van der Waals surface area contributed by atoms with Gasteiger partial charge in [-0.1, -0.05) is 0 Å². The number of sulfonamides is 1. The number of piperidine rings is 2. The Bertz CT molecular complexity index is 845. The highest BCUT2D eigenvalue weighted by Crippen LogP contribution is 2.48. The molecule has 0 bridgehead atoms. The fourth-order valence-electron chi connectivity index (χ4n) is 5.58. The van der Waals surface area contributed by atoms with Gasteiger partial charge in [0.25, 0.3) is 0 Å². The first-order chi connectivity index (χ1) is 14.0. The van der Waals surface area contributed by atoms with Gasteiger partial charge < -0.3 is 15.2 Å². The van der Waals surface area contributed by atoms with Crippen LogP contribution >= 0.6 is 0 Å². The second-order valence-corrected chi connectivity index (χ2v) is 10.4. The van der Waals surface area contributed by atoms with Crippen molar-refractivity contribution in [3.63, 3.8) is 0 Å². The number of hydrogen-bond donors (Lipinski definition) is 1. The lowest BCUT2D eigenvalue weighted by Crippen LogP contribution is -2.57. The minimum absolute atomic E-state index is 0.0506. The van der Waals surface area contributed by atoms with Crippen molar-refractivity contribution in [3.8, 4) is 11.5 Å². The third kappa shape index (κ3) is 3.76. The molecule has 0 amide bonds. The maximum absolute atomic E-state index is 13.0. The van der Waals surface area contributed by atoms with Crippen molar-refractivity contribution in [2.45, 2.75) is 44.2 Å². The zero-order valence-electron chi connectivity index (χ0n) is 17.5. The lowest BCUT2D eigenvalue weighted by molar-refractivity contribution is 0.0207. The molecule has 3 aliphatic rings. The van der Waals surface area contributed by atoms with Gasteiger partial charge in [0.1, 0.15) is 11.5 Å². The van der Waals surface area contributed by atoms with Gasteiger partial charge in [0, 0.05) is 42.8 Å². The van der Waals surface area contributed by atoms with E-state index in [0.717, 1.165) is 50.3 Å². The minimum Gasteiger partial charge on any atom is -0.496 e. The molecule has 0 aromatic heterocycles. The molecule has 4 rings (SSSR count). The zero-order valence-corrected chi connectivity index (χ0v) is 18.3. The second kappa shape index (κ2) is 8.41. The number of nitrogens with two attached hydrogens (primary N) is 1. The second-order valence-electron chi connectivity index (χ2n) is 8.40. The summed E-state index contributed by atoms with van der Waals surface area (Å²) in [4.78, 5) is 2.53. The van der Waals surface area contributed by atoms with Crippen molar-refractivity contribution in [1.82, 2.24) is 9.21 Å². The standard InChI is InChI=1S/C21H33N3O4S/c1-27-19-6-7-20(28-2)21-16(19)8-11-23-14-15-5-3-10-24(17(15)13-18(21)23)29(25,26)12-4-9-22/h6-7,15,17-18H,3-5,8-14,22H2,1-2H3/t15-,17+,18-/m0/s1. The quantitative estimate of drug-likeness (QED) is 0.751. The maximum atomic E-state index is 13.0. The molecule has 2 fully saturated rings. The van der Waals surface area contributed by atoms with E-state index in [2.05, 4.69) is 4.90 Å². The number of nitrogens with zero attached hydrogens (tertiary/aromatic N) is 2. The van der Waals surface area contributed by atoms with E-state index in [1.165, 1.54) is 11.1 Å². The molecule has 29 heavy (non-hydrogen) atoms. The van der Waals surface area contributed by atoms with Gasteiger partial charge in [-0.15, -0.1) is 0 Å². The SMILES string of the molecule is COc1ccc(OC)c2c1CCN1C[C@@H]3CCCN(S(=O)(=O)CCCN)[C@@H]3C[C@@H]21. The largest absolute Gasteiger partial charge is 0.496 e. The molecule has 0 aliphatic carbocycles. The molecular formula is C21H33N3O4S. The Balaban J connectivity index is 1.68. The predicted molar refractivity (Wildman–Crippen MR) is 113 cm³/mol. The molecule has 3 atom stereocenters. The van der Waals surface area contributed by atoms with Crippen LogP contribution in [0.3, 0.4) is 0 Å². The average molecular weight is 424 g/mol. The monoisotopic (exact) mass is 423 g/mol. The molecule has 0 radical (unpaired) electrons. The number of methoxy groups -OCH3 is 2. The number of fused-ring (bicyclic) bond motifs is 4. The summed E-state index contributed by atoms with van der Waals surface area (Å²) in [5.41, 5.74) is 7.97. The Kier molecular flexibility index (Phi) is 6.06. The first-order valence-corrected chi connectivity index (χ1v) is 12.3. The van der Waals surface area contributed by atoms with E-state index in [-0.39, 0.29) is 17.8 Å². The van der Waals surface area contributed by atoms with Crippen LogP contribution in [0, 0.1) is 5.92 Å². The Morgan fingerprint density at radius 2 is 1.93 bits per heavy atom. The topological polar surface area (TPSA) is 85.1 Å². The molecule has 2 N–H and O–H groups in total. The van der Waals surface area contributed by atoms with E-state index in [0.29, 0.717) is 25.4 Å². The van der Waals surface area contributed by atoms with Crippen LogP contribution in [0.5, 0.6) is 11.5 Å². The van der Waals surface area contributed by atoms with Crippen molar-refractivity contribution in [2.24, 2.45) is 11.7 Å². The van der Waals surface area contributed by atoms with Crippen molar-refractivity contribution >= 4 is 10.0 Å². The Morgan fingerprint density at radius 1 is 1.17 bits per heavy atom. The van der Waals surface area contributed by atoms with Crippen LogP contribution in [0.15, 0.2) is 12.1 Å². The van der Waals surface area contributed by atoms with Crippen LogP contribution in [0.2, 0.25) is 0 Å². The Hall–Kier alpha value is -1.35. The van der Waals surface area contributed by atoms with Crippen LogP contribution in [0.1, 0.15) is 42.9 Å². The zero-order chi connectivity index (χ0) is 20.6. The van der Waals surface area contributed by atoms with Gasteiger partial charge in [-0.05, 0) is 56.7 Å². The first-order valence-electron chi connectivity index (χ1n) is 10.7. The van der Waals surface area contributed by atoms with Gasteiger partial charge in [0.05, 0.1) is 20.0 Å². The minimum atomic E-state index is -3.28. The third-order valence-electron chi connectivity index (χ3n) is 6.90. The summed E-state index contributed by atoms with van der Waals surface area (Å²) < 4.78 is 39.2. The highest BCUT2D eigenvalue weighted by Gasteiger charge is 2.46. The van der Waals surface area contributed by atoms with Gasteiger partial charge in [-0.3, -0.25) is 4.90 Å². The third-order valence-corrected chi connectivity index (χ3v) is 8.87. The Labute approximate surface area is 174 Å². The molecule has 2 saturated heterocycles. The van der Waals surface area contributed by atoms with Crippen molar-refractivity contribution in [2.75, 3.05) is 46.2 Å². The number of rotatable bonds is 6. The van der Waals surface area contributed by atoms with E-state index >= 15 is 0 Å². The molecule has 0 saturated carbocycles. The van der Waals surface area contributed by atoms with Crippen LogP contribution < -0.4 is 15.2 Å². The Morgan fingerprint density at radius 3 is 2.66 bits per heavy atom. The average Bonchev–Trinajstić information content (AvgIpc) is 2.74. The smallest absolute Gasteiger partial charge is 0.214 e. The van der Waals surface area contributed by atoms with Crippen molar-refractivity contribution in [3.05, 3.63) is 23.3 Å². The molecule has 7 nitrogen and oxygen atoms in total. The number of benzene rings is 1. The van der Waals surface area contributed by atoms with Crippen molar-refractivity contribution < 1.29 is 17.9 Å². The summed E-state index contributed by atoms with van der Waals surface area (Å²) in [7, 11) is 0.131. The van der Waals surface area contributed by atoms with Crippen LogP contribution in [0.25, 0.3) is 0 Å². The highest BCUT2D eigenvalue weighted by atomic mass is 32.2. The van der Waals surface area contributed by atoms with Gasteiger partial charge >= 0.3 is 0 Å². The van der Waals surface area contributed by atoms with Gasteiger partial charge in [-0.2, -0.15) is 4.31 Å². The van der Waals surface area contributed by atoms with Crippen LogP contribution in [-0.2, 0) is 16.4 Å². The maximum Gasteiger partial charge on any atom is 0.214 e. The normalized spacial score (nSPS) is 27.6. The van der Waals surface area contributed by atoms with Crippen LogP contribution in [0.4, 0.5) is 0 Å². The fourth-order valence-corrected chi connectivity index (χ4v) is 7.42. The molecule has 0 unspecified atom stereocenters. The molecule has 8 heteroatoms. The van der Waals surface area contributed by atoms with E-state index in [4.69, 9.17) is 15.2 Å². The van der Waals surface area contributed by atoms with Gasteiger partial charge in [-0.25, -0.2) is 8.42 Å². The van der Waals surface area contributed by atoms with Crippen molar-refractivity contribution in [1.29, 1.82) is 0 Å². The predicted octanol–water partition coefficient (Wildman–Crippen LogP) is 1.77. The molecule has 3 heterocycles. The molecule has 0 spiro atoms. The van der Waals surface area contributed by atoms with E-state index in [9.17, 15) is 8.42 Å². The van der Waals surface area contributed by atoms with E-state index in [1.807, 2.05) is 12.1 Å². The molecule has 1 aromatic rings. The lowest BCUT2D eigenvalue weighted by Gasteiger charge is -2.52. The summed E-state index contributed by atoms with van der Waals surface area (Å²) >= 11 is 0. The number of ether oxygens (including phenoxy) is 2. The molecule has 162 valence electrons. The summed E-state index contributed by atoms with van der Waals surface area (Å²) in [5.74, 6) is 2.32. The number of hydrogen-bond acceptors (Lipinski definition) is 6. The summed E-state index contributed by atoms with van der Waals surface area (Å²) in [6.45, 7) is 2.95. The summed E-state index contributed by atoms with van der Waals surface area (Å²) in [6, 6.07) is 4.16. The summed E-state index contributed by atoms with van der Waals surface area (Å²) in [6.07, 6.45) is 4.29. The van der Waals surface area contributed by atoms with Gasteiger partial charge in [0.15, 0.2) is 0 Å². The molecule has 3 aliphatic heterocycles. The van der Waals surface area contributed by atoms with E-state index in [1.54, 1.807) is 18.5 Å². The lowest BCUT2D eigenvalue weighted by atomic mass is 9.77. The summed E-state index contributed by atoms with van der Waals surface area (Å²) in [5, 5.41) is 0.